The molecule has 0 spiro atoms. The van der Waals surface area contributed by atoms with E-state index in [1.54, 1.807) is 0 Å². The molecule has 0 bridgehead atoms. The van der Waals surface area contributed by atoms with Gasteiger partial charge in [-0.25, -0.2) is 4.99 Å². The van der Waals surface area contributed by atoms with E-state index < -0.39 is 0 Å². The summed E-state index contributed by atoms with van der Waals surface area (Å²) in [5, 5.41) is 0. The summed E-state index contributed by atoms with van der Waals surface area (Å²) in [5.41, 5.74) is 13.2. The van der Waals surface area contributed by atoms with Gasteiger partial charge in [0.2, 0.25) is 0 Å². The number of nitrogens with two attached hydrogens (primary N) is 2. The molecule has 4 N–H and O–H groups in total. The van der Waals surface area contributed by atoms with Gasteiger partial charge in [-0.2, -0.15) is 0 Å². The Morgan fingerprint density at radius 1 is 1.10 bits per heavy atom. The normalized spacial score (nSPS) is 22.4. The summed E-state index contributed by atoms with van der Waals surface area (Å²) in [7, 11) is 0. The standard InChI is InChI=1S/C16H26N4.HI/c1-12-7-13(2)10-20(9-12)11-15-5-3-14(4-6-15)8-19-16(17)18;/h3-6,12-13H,7-11H2,1-2H3,(H4,17,18,19);1H. The fourth-order valence-electron chi connectivity index (χ4n) is 3.11. The molecule has 21 heavy (non-hydrogen) atoms. The molecule has 2 atom stereocenters. The van der Waals surface area contributed by atoms with Crippen molar-refractivity contribution in [3.8, 4) is 0 Å². The van der Waals surface area contributed by atoms with Crippen LogP contribution in [0.2, 0.25) is 0 Å². The Bertz CT molecular complexity index is 444. The molecule has 0 radical (unpaired) electrons. The van der Waals surface area contributed by atoms with Gasteiger partial charge in [0.1, 0.15) is 0 Å². The van der Waals surface area contributed by atoms with Gasteiger partial charge in [0.15, 0.2) is 5.96 Å². The number of rotatable bonds is 4. The van der Waals surface area contributed by atoms with Crippen molar-refractivity contribution in [2.75, 3.05) is 13.1 Å². The third-order valence-corrected chi connectivity index (χ3v) is 3.82. The van der Waals surface area contributed by atoms with Gasteiger partial charge in [0, 0.05) is 19.6 Å². The Labute approximate surface area is 145 Å². The van der Waals surface area contributed by atoms with E-state index in [1.807, 2.05) is 0 Å². The SMILES string of the molecule is CC1CC(C)CN(Cc2ccc(CN=C(N)N)cc2)C1.I. The molecule has 1 heterocycles. The highest BCUT2D eigenvalue weighted by molar-refractivity contribution is 14.0. The summed E-state index contributed by atoms with van der Waals surface area (Å²) in [6.07, 6.45) is 1.36. The average Bonchev–Trinajstić information content (AvgIpc) is 2.36. The number of aliphatic imine (C=N–C) groups is 1. The van der Waals surface area contributed by atoms with E-state index in [0.717, 1.165) is 23.9 Å². The monoisotopic (exact) mass is 402 g/mol. The summed E-state index contributed by atoms with van der Waals surface area (Å²) in [6.45, 7) is 8.71. The quantitative estimate of drug-likeness (QED) is 0.462. The predicted octanol–water partition coefficient (Wildman–Crippen LogP) is 2.56. The summed E-state index contributed by atoms with van der Waals surface area (Å²) in [4.78, 5) is 6.58. The Balaban J connectivity index is 0.00000220. The first-order valence-corrected chi connectivity index (χ1v) is 7.38. The second-order valence-corrected chi connectivity index (χ2v) is 6.20. The number of hydrogen-bond donors (Lipinski definition) is 2. The molecule has 0 amide bonds. The Morgan fingerprint density at radius 3 is 2.14 bits per heavy atom. The van der Waals surface area contributed by atoms with Gasteiger partial charge in [0.25, 0.3) is 0 Å². The predicted molar refractivity (Wildman–Crippen MR) is 99.6 cm³/mol. The molecule has 5 heteroatoms. The number of benzene rings is 1. The van der Waals surface area contributed by atoms with Crippen molar-refractivity contribution >= 4 is 29.9 Å². The van der Waals surface area contributed by atoms with Crippen molar-refractivity contribution < 1.29 is 0 Å². The minimum Gasteiger partial charge on any atom is -0.370 e. The number of likely N-dealkylation sites (tertiary alicyclic amines) is 1. The number of piperidine rings is 1. The van der Waals surface area contributed by atoms with Crippen LogP contribution in [0, 0.1) is 11.8 Å². The third-order valence-electron chi connectivity index (χ3n) is 3.82. The molecule has 1 aromatic carbocycles. The van der Waals surface area contributed by atoms with E-state index in [9.17, 15) is 0 Å². The van der Waals surface area contributed by atoms with Crippen molar-refractivity contribution in [3.63, 3.8) is 0 Å². The Morgan fingerprint density at radius 2 is 1.62 bits per heavy atom. The Kier molecular flexibility index (Phi) is 7.45. The number of guanidine groups is 1. The van der Waals surface area contributed by atoms with Gasteiger partial charge in [-0.05, 0) is 29.4 Å². The first-order chi connectivity index (χ1) is 9.52. The topological polar surface area (TPSA) is 67.6 Å². The largest absolute Gasteiger partial charge is 0.370 e. The molecule has 1 fully saturated rings. The fourth-order valence-corrected chi connectivity index (χ4v) is 3.11. The molecule has 0 saturated carbocycles. The van der Waals surface area contributed by atoms with Crippen LogP contribution in [0.3, 0.4) is 0 Å². The van der Waals surface area contributed by atoms with Crippen LogP contribution >= 0.6 is 24.0 Å². The number of hydrogen-bond acceptors (Lipinski definition) is 2. The molecular formula is C16H27IN4. The molecule has 0 aliphatic carbocycles. The van der Waals surface area contributed by atoms with E-state index >= 15 is 0 Å². The molecule has 0 aromatic heterocycles. The zero-order chi connectivity index (χ0) is 14.5. The second-order valence-electron chi connectivity index (χ2n) is 6.20. The fraction of sp³-hybridized carbons (Fsp3) is 0.562. The lowest BCUT2D eigenvalue weighted by Gasteiger charge is -2.35. The highest BCUT2D eigenvalue weighted by Gasteiger charge is 2.21. The van der Waals surface area contributed by atoms with Crippen molar-refractivity contribution in [3.05, 3.63) is 35.4 Å². The van der Waals surface area contributed by atoms with Crippen LogP contribution in [-0.2, 0) is 13.1 Å². The molecule has 1 aliphatic heterocycles. The first-order valence-electron chi connectivity index (χ1n) is 7.38. The van der Waals surface area contributed by atoms with E-state index in [1.165, 1.54) is 25.1 Å². The smallest absolute Gasteiger partial charge is 0.186 e. The van der Waals surface area contributed by atoms with Crippen LogP contribution in [0.15, 0.2) is 29.3 Å². The summed E-state index contributed by atoms with van der Waals surface area (Å²) < 4.78 is 0. The van der Waals surface area contributed by atoms with Crippen molar-refractivity contribution in [2.24, 2.45) is 28.3 Å². The minimum atomic E-state index is 0. The molecule has 4 nitrogen and oxygen atoms in total. The number of nitrogens with zero attached hydrogens (tertiary/aromatic N) is 2. The zero-order valence-corrected chi connectivity index (χ0v) is 15.3. The van der Waals surface area contributed by atoms with Crippen LogP contribution < -0.4 is 11.5 Å². The van der Waals surface area contributed by atoms with Gasteiger partial charge in [-0.1, -0.05) is 38.1 Å². The van der Waals surface area contributed by atoms with Gasteiger partial charge >= 0.3 is 0 Å². The molecule has 2 unspecified atom stereocenters. The summed E-state index contributed by atoms with van der Waals surface area (Å²) >= 11 is 0. The summed E-state index contributed by atoms with van der Waals surface area (Å²) in [5.74, 6) is 1.75. The Hall–Kier alpha value is -0.820. The van der Waals surface area contributed by atoms with Crippen LogP contribution in [0.5, 0.6) is 0 Å². The highest BCUT2D eigenvalue weighted by Crippen LogP contribution is 2.22. The van der Waals surface area contributed by atoms with Gasteiger partial charge in [-0.3, -0.25) is 4.90 Å². The molecule has 1 aromatic rings. The van der Waals surface area contributed by atoms with Gasteiger partial charge in [0.05, 0.1) is 6.54 Å². The molecule has 1 aliphatic rings. The zero-order valence-electron chi connectivity index (χ0n) is 13.0. The number of halogens is 1. The third kappa shape index (κ3) is 6.22. The average molecular weight is 402 g/mol. The summed E-state index contributed by atoms with van der Waals surface area (Å²) in [6, 6.07) is 8.58. The van der Waals surface area contributed by atoms with E-state index in [4.69, 9.17) is 11.5 Å². The lowest BCUT2D eigenvalue weighted by Crippen LogP contribution is -2.38. The maximum absolute atomic E-state index is 5.34. The maximum Gasteiger partial charge on any atom is 0.186 e. The lowest BCUT2D eigenvalue weighted by atomic mass is 9.91. The van der Waals surface area contributed by atoms with Crippen molar-refractivity contribution in [2.45, 2.75) is 33.4 Å². The second kappa shape index (κ2) is 8.58. The highest BCUT2D eigenvalue weighted by atomic mass is 127. The molecule has 118 valence electrons. The van der Waals surface area contributed by atoms with Crippen molar-refractivity contribution in [1.29, 1.82) is 0 Å². The van der Waals surface area contributed by atoms with Gasteiger partial charge < -0.3 is 11.5 Å². The van der Waals surface area contributed by atoms with Crippen LogP contribution in [-0.4, -0.2) is 23.9 Å². The first kappa shape index (κ1) is 18.2. The molecule has 2 rings (SSSR count). The molecule has 1 saturated heterocycles. The van der Waals surface area contributed by atoms with Crippen LogP contribution in [0.1, 0.15) is 31.4 Å². The van der Waals surface area contributed by atoms with Crippen molar-refractivity contribution in [1.82, 2.24) is 4.90 Å². The van der Waals surface area contributed by atoms with Crippen LogP contribution in [0.25, 0.3) is 0 Å². The maximum atomic E-state index is 5.34. The lowest BCUT2D eigenvalue weighted by molar-refractivity contribution is 0.134. The van der Waals surface area contributed by atoms with Crippen LogP contribution in [0.4, 0.5) is 0 Å². The van der Waals surface area contributed by atoms with E-state index in [-0.39, 0.29) is 29.9 Å². The van der Waals surface area contributed by atoms with E-state index in [0.29, 0.717) is 6.54 Å². The van der Waals surface area contributed by atoms with Gasteiger partial charge in [-0.15, -0.1) is 24.0 Å². The van der Waals surface area contributed by atoms with E-state index in [2.05, 4.69) is 48.0 Å². The molecular weight excluding hydrogens is 375 g/mol. The minimum absolute atomic E-state index is 0.